The standard InChI is InChI=1S/C24H26N2O4/c1-14-5-6-17-9-12-20-22(21(17)13-14)25-26(24(28)15(2)30-16(3)27)23(20)18-7-10-19(29-4)11-8-18/h5-8,10-11,13,15,20,23H,9,12H2,1-4H3/t15-,20+,23-/m0/s1. The molecule has 3 atom stereocenters. The number of carbonyl (C=O) groups is 2. The summed E-state index contributed by atoms with van der Waals surface area (Å²) in [6, 6.07) is 13.9. The average Bonchev–Trinajstić information content (AvgIpc) is 3.12. The topological polar surface area (TPSA) is 68.2 Å². The zero-order valence-electron chi connectivity index (χ0n) is 17.7. The molecule has 0 aromatic heterocycles. The van der Waals surface area contributed by atoms with Crippen molar-refractivity contribution >= 4 is 17.6 Å². The van der Waals surface area contributed by atoms with E-state index in [0.29, 0.717) is 0 Å². The molecule has 1 aliphatic carbocycles. The van der Waals surface area contributed by atoms with Crippen LogP contribution in [0.2, 0.25) is 0 Å². The Morgan fingerprint density at radius 3 is 2.57 bits per heavy atom. The second kappa shape index (κ2) is 7.94. The van der Waals surface area contributed by atoms with E-state index >= 15 is 0 Å². The molecule has 0 unspecified atom stereocenters. The number of nitrogens with zero attached hydrogens (tertiary/aromatic N) is 2. The smallest absolute Gasteiger partial charge is 0.303 e. The number of methoxy groups -OCH3 is 1. The summed E-state index contributed by atoms with van der Waals surface area (Å²) in [7, 11) is 1.63. The number of ether oxygens (including phenoxy) is 2. The number of rotatable bonds is 4. The number of aryl methyl sites for hydroxylation is 2. The van der Waals surface area contributed by atoms with E-state index in [1.165, 1.54) is 17.5 Å². The molecule has 1 amide bonds. The lowest BCUT2D eigenvalue weighted by Gasteiger charge is -2.30. The molecule has 1 heterocycles. The van der Waals surface area contributed by atoms with Gasteiger partial charge < -0.3 is 9.47 Å². The summed E-state index contributed by atoms with van der Waals surface area (Å²) in [5.41, 5.74) is 5.45. The van der Waals surface area contributed by atoms with Crippen molar-refractivity contribution in [1.82, 2.24) is 5.01 Å². The number of hydrogen-bond donors (Lipinski definition) is 0. The quantitative estimate of drug-likeness (QED) is 0.724. The van der Waals surface area contributed by atoms with Gasteiger partial charge in [0.05, 0.1) is 18.9 Å². The number of fused-ring (bicyclic) bond motifs is 3. The van der Waals surface area contributed by atoms with Crippen molar-refractivity contribution in [1.29, 1.82) is 0 Å². The normalized spacial score (nSPS) is 20.7. The Balaban J connectivity index is 1.77. The predicted octanol–water partition coefficient (Wildman–Crippen LogP) is 3.81. The van der Waals surface area contributed by atoms with Crippen LogP contribution in [0.3, 0.4) is 0 Å². The number of carbonyl (C=O) groups excluding carboxylic acids is 2. The van der Waals surface area contributed by atoms with Crippen molar-refractivity contribution in [2.75, 3.05) is 7.11 Å². The molecule has 0 N–H and O–H groups in total. The van der Waals surface area contributed by atoms with Crippen LogP contribution in [0.25, 0.3) is 0 Å². The zero-order chi connectivity index (χ0) is 21.4. The van der Waals surface area contributed by atoms with E-state index in [-0.39, 0.29) is 17.9 Å². The van der Waals surface area contributed by atoms with Crippen LogP contribution >= 0.6 is 0 Å². The van der Waals surface area contributed by atoms with Crippen molar-refractivity contribution in [3.8, 4) is 5.75 Å². The zero-order valence-corrected chi connectivity index (χ0v) is 17.7. The fourth-order valence-corrected chi connectivity index (χ4v) is 4.42. The molecule has 6 nitrogen and oxygen atoms in total. The maximum absolute atomic E-state index is 13.2. The third kappa shape index (κ3) is 3.58. The van der Waals surface area contributed by atoms with E-state index < -0.39 is 12.1 Å². The number of hydrogen-bond acceptors (Lipinski definition) is 5. The summed E-state index contributed by atoms with van der Waals surface area (Å²) in [5, 5.41) is 6.32. The molecule has 6 heteroatoms. The number of hydrazone groups is 1. The minimum atomic E-state index is -0.898. The fourth-order valence-electron chi connectivity index (χ4n) is 4.42. The van der Waals surface area contributed by atoms with Crippen LogP contribution < -0.4 is 4.74 Å². The SMILES string of the molecule is COc1ccc([C@H]2[C@@H]3CCc4ccc(C)cc4C3=NN2C(=O)[C@H](C)OC(C)=O)cc1. The third-order valence-electron chi connectivity index (χ3n) is 5.85. The van der Waals surface area contributed by atoms with Crippen LogP contribution in [-0.2, 0) is 20.7 Å². The summed E-state index contributed by atoms with van der Waals surface area (Å²) in [5.74, 6) is 0.0408. The van der Waals surface area contributed by atoms with Crippen molar-refractivity contribution in [2.24, 2.45) is 11.0 Å². The van der Waals surface area contributed by atoms with Crippen LogP contribution in [0.5, 0.6) is 5.75 Å². The van der Waals surface area contributed by atoms with Gasteiger partial charge in [0.25, 0.3) is 5.91 Å². The minimum absolute atomic E-state index is 0.0844. The molecule has 2 aromatic carbocycles. The molecule has 0 saturated heterocycles. The van der Waals surface area contributed by atoms with Crippen molar-refractivity contribution in [3.05, 3.63) is 64.7 Å². The summed E-state index contributed by atoms with van der Waals surface area (Å²) in [6.45, 7) is 4.96. The van der Waals surface area contributed by atoms with E-state index in [4.69, 9.17) is 14.6 Å². The van der Waals surface area contributed by atoms with Gasteiger partial charge in [-0.2, -0.15) is 5.10 Å². The third-order valence-corrected chi connectivity index (χ3v) is 5.85. The number of amides is 1. The molecular weight excluding hydrogens is 380 g/mol. The lowest BCUT2D eigenvalue weighted by molar-refractivity contribution is -0.158. The van der Waals surface area contributed by atoms with Gasteiger partial charge in [0.1, 0.15) is 5.75 Å². The highest BCUT2D eigenvalue weighted by Crippen LogP contribution is 2.44. The second-order valence-corrected chi connectivity index (χ2v) is 7.94. The minimum Gasteiger partial charge on any atom is -0.497 e. The van der Waals surface area contributed by atoms with Crippen LogP contribution in [0, 0.1) is 12.8 Å². The van der Waals surface area contributed by atoms with Gasteiger partial charge in [-0.15, -0.1) is 0 Å². The lowest BCUT2D eigenvalue weighted by Crippen LogP contribution is -2.38. The summed E-state index contributed by atoms with van der Waals surface area (Å²) in [4.78, 5) is 24.6. The number of esters is 1. The van der Waals surface area contributed by atoms with Gasteiger partial charge in [0.2, 0.25) is 0 Å². The van der Waals surface area contributed by atoms with Crippen LogP contribution in [0.4, 0.5) is 0 Å². The molecule has 0 fully saturated rings. The van der Waals surface area contributed by atoms with Crippen molar-refractivity contribution in [3.63, 3.8) is 0 Å². The first kappa shape index (κ1) is 20.1. The van der Waals surface area contributed by atoms with E-state index in [2.05, 4.69) is 25.1 Å². The summed E-state index contributed by atoms with van der Waals surface area (Å²) in [6.07, 6.45) is 0.940. The molecule has 0 saturated carbocycles. The monoisotopic (exact) mass is 406 g/mol. The lowest BCUT2D eigenvalue weighted by atomic mass is 9.77. The first-order valence-corrected chi connectivity index (χ1v) is 10.2. The maximum atomic E-state index is 13.2. The van der Waals surface area contributed by atoms with Crippen molar-refractivity contribution in [2.45, 2.75) is 45.8 Å². The van der Waals surface area contributed by atoms with Gasteiger partial charge in [-0.1, -0.05) is 29.8 Å². The van der Waals surface area contributed by atoms with E-state index in [9.17, 15) is 9.59 Å². The Morgan fingerprint density at radius 1 is 1.17 bits per heavy atom. The largest absolute Gasteiger partial charge is 0.497 e. The van der Waals surface area contributed by atoms with Crippen LogP contribution in [-0.4, -0.2) is 35.8 Å². The fraction of sp³-hybridized carbons (Fsp3) is 0.375. The van der Waals surface area contributed by atoms with Gasteiger partial charge in [-0.25, -0.2) is 5.01 Å². The molecule has 30 heavy (non-hydrogen) atoms. The summed E-state index contributed by atoms with van der Waals surface area (Å²) < 4.78 is 10.5. The molecule has 1 aliphatic heterocycles. The Hall–Kier alpha value is -3.15. The Kier molecular flexibility index (Phi) is 5.33. The molecule has 0 radical (unpaired) electrons. The van der Waals surface area contributed by atoms with E-state index in [0.717, 1.165) is 41.0 Å². The average molecular weight is 406 g/mol. The highest BCUT2D eigenvalue weighted by atomic mass is 16.5. The van der Waals surface area contributed by atoms with E-state index in [1.807, 2.05) is 24.3 Å². The van der Waals surface area contributed by atoms with Crippen LogP contribution in [0.1, 0.15) is 48.6 Å². The molecular formula is C24H26N2O4. The highest BCUT2D eigenvalue weighted by Gasteiger charge is 2.45. The molecule has 2 aliphatic rings. The Labute approximate surface area is 176 Å². The first-order valence-electron chi connectivity index (χ1n) is 10.2. The molecule has 156 valence electrons. The molecule has 0 spiro atoms. The van der Waals surface area contributed by atoms with Gasteiger partial charge in [0, 0.05) is 18.4 Å². The highest BCUT2D eigenvalue weighted by molar-refractivity contribution is 6.07. The van der Waals surface area contributed by atoms with Gasteiger partial charge >= 0.3 is 5.97 Å². The Bertz CT molecular complexity index is 1010. The first-order chi connectivity index (χ1) is 14.4. The number of benzene rings is 2. The maximum Gasteiger partial charge on any atom is 0.303 e. The van der Waals surface area contributed by atoms with Gasteiger partial charge in [-0.05, 0) is 56.0 Å². The Morgan fingerprint density at radius 2 is 1.90 bits per heavy atom. The molecule has 0 bridgehead atoms. The van der Waals surface area contributed by atoms with Gasteiger partial charge in [-0.3, -0.25) is 9.59 Å². The summed E-state index contributed by atoms with van der Waals surface area (Å²) >= 11 is 0. The second-order valence-electron chi connectivity index (χ2n) is 7.94. The van der Waals surface area contributed by atoms with Gasteiger partial charge in [0.15, 0.2) is 6.10 Å². The molecule has 2 aromatic rings. The van der Waals surface area contributed by atoms with Crippen molar-refractivity contribution < 1.29 is 19.1 Å². The van der Waals surface area contributed by atoms with Crippen LogP contribution in [0.15, 0.2) is 47.6 Å². The molecule has 4 rings (SSSR count). The predicted molar refractivity (Wildman–Crippen MR) is 113 cm³/mol. The van der Waals surface area contributed by atoms with E-state index in [1.54, 1.807) is 14.0 Å².